The Morgan fingerprint density at radius 3 is 2.83 bits per heavy atom. The van der Waals surface area contributed by atoms with Crippen LogP contribution in [0.3, 0.4) is 0 Å². The van der Waals surface area contributed by atoms with Gasteiger partial charge in [-0.3, -0.25) is 4.57 Å². The summed E-state index contributed by atoms with van der Waals surface area (Å²) in [5, 5.41) is 35.3. The van der Waals surface area contributed by atoms with Gasteiger partial charge in [0, 0.05) is 11.1 Å². The van der Waals surface area contributed by atoms with Gasteiger partial charge in [0.05, 0.1) is 12.9 Å². The monoisotopic (exact) mass is 415 g/mol. The normalized spacial score (nSPS) is 24.7. The average Bonchev–Trinajstić information content (AvgIpc) is 3.45. The Morgan fingerprint density at radius 2 is 2.00 bits per heavy atom. The van der Waals surface area contributed by atoms with Crippen LogP contribution in [-0.4, -0.2) is 64.9 Å². The highest BCUT2D eigenvalue weighted by molar-refractivity contribution is 7.98. The van der Waals surface area contributed by atoms with Crippen molar-refractivity contribution in [2.24, 2.45) is 0 Å². The van der Waals surface area contributed by atoms with Crippen LogP contribution in [0.15, 0.2) is 46.7 Å². The first kappa shape index (κ1) is 18.5. The first-order valence-corrected chi connectivity index (χ1v) is 9.90. The molecule has 4 heterocycles. The van der Waals surface area contributed by atoms with Gasteiger partial charge in [-0.05, 0) is 11.6 Å². The largest absolute Gasteiger partial charge is 0.394 e. The van der Waals surface area contributed by atoms with Crippen LogP contribution in [0.1, 0.15) is 11.8 Å². The van der Waals surface area contributed by atoms with Crippen LogP contribution in [0, 0.1) is 0 Å². The van der Waals surface area contributed by atoms with E-state index in [4.69, 9.17) is 9.26 Å². The van der Waals surface area contributed by atoms with E-state index in [0.29, 0.717) is 21.9 Å². The molecule has 4 aromatic rings. The van der Waals surface area contributed by atoms with E-state index in [-0.39, 0.29) is 0 Å². The van der Waals surface area contributed by atoms with Gasteiger partial charge < -0.3 is 24.6 Å². The molecule has 4 atom stereocenters. The first-order valence-electron chi connectivity index (χ1n) is 8.92. The summed E-state index contributed by atoms with van der Waals surface area (Å²) in [4.78, 5) is 13.0. The molecule has 1 fully saturated rings. The quantitative estimate of drug-likeness (QED) is 0.318. The molecule has 11 heteroatoms. The standard InChI is InChI=1S/C18H17N5O5S/c24-4-11-14(25)15(26)18(28-11)23-8-21-13-16(23)19-7-20-17(13)29-6-10-3-1-2-9-5-27-22-12(9)10/h1-3,5,7-8,11,14-15,18,24-26H,4,6H2. The molecular formula is C18H17N5O5S. The van der Waals surface area contributed by atoms with E-state index >= 15 is 0 Å². The molecule has 1 saturated heterocycles. The van der Waals surface area contributed by atoms with Crippen molar-refractivity contribution in [2.75, 3.05) is 6.61 Å². The SMILES string of the molecule is OCC1OC(n2cnc3c(SCc4cccc5conc45)ncnc32)C(O)C1O. The zero-order valence-corrected chi connectivity index (χ0v) is 15.8. The minimum absolute atomic E-state index is 0.398. The minimum atomic E-state index is -1.21. The maximum atomic E-state index is 10.3. The number of thioether (sulfide) groups is 1. The molecule has 1 aliphatic rings. The average molecular weight is 415 g/mol. The summed E-state index contributed by atoms with van der Waals surface area (Å²) in [6.45, 7) is -0.398. The van der Waals surface area contributed by atoms with E-state index in [9.17, 15) is 15.3 Å². The zero-order valence-electron chi connectivity index (χ0n) is 15.0. The van der Waals surface area contributed by atoms with E-state index in [1.807, 2.05) is 18.2 Å². The third kappa shape index (κ3) is 3.07. The van der Waals surface area contributed by atoms with Crippen LogP contribution in [0.25, 0.3) is 22.1 Å². The Bertz CT molecular complexity index is 1160. The Balaban J connectivity index is 1.44. The molecule has 0 spiro atoms. The summed E-state index contributed by atoms with van der Waals surface area (Å²) in [6.07, 6.45) is 0.342. The molecular weight excluding hydrogens is 398 g/mol. The molecule has 0 saturated carbocycles. The first-order chi connectivity index (χ1) is 14.2. The number of benzene rings is 1. The lowest BCUT2D eigenvalue weighted by atomic mass is 10.1. The van der Waals surface area contributed by atoms with E-state index in [1.54, 1.807) is 10.8 Å². The molecule has 4 unspecified atom stereocenters. The van der Waals surface area contributed by atoms with Gasteiger partial charge in [0.15, 0.2) is 11.9 Å². The number of nitrogens with zero attached hydrogens (tertiary/aromatic N) is 5. The van der Waals surface area contributed by atoms with Crippen molar-refractivity contribution in [1.29, 1.82) is 0 Å². The fraction of sp³-hybridized carbons (Fsp3) is 0.333. The third-order valence-corrected chi connectivity index (χ3v) is 5.98. The lowest BCUT2D eigenvalue weighted by Crippen LogP contribution is -2.33. The number of fused-ring (bicyclic) bond motifs is 2. The highest BCUT2D eigenvalue weighted by Crippen LogP contribution is 2.34. The molecule has 0 amide bonds. The summed E-state index contributed by atoms with van der Waals surface area (Å²) in [5.74, 6) is 0.608. The zero-order chi connectivity index (χ0) is 20.0. The Kier molecular flexibility index (Phi) is 4.68. The van der Waals surface area contributed by atoms with Crippen molar-refractivity contribution in [1.82, 2.24) is 24.7 Å². The van der Waals surface area contributed by atoms with Gasteiger partial charge in [0.25, 0.3) is 0 Å². The molecule has 3 N–H and O–H groups in total. The predicted octanol–water partition coefficient (Wildman–Crippen LogP) is 0.871. The molecule has 3 aromatic heterocycles. The fourth-order valence-corrected chi connectivity index (χ4v) is 4.38. The van der Waals surface area contributed by atoms with Crippen molar-refractivity contribution in [3.63, 3.8) is 0 Å². The number of hydrogen-bond acceptors (Lipinski definition) is 10. The highest BCUT2D eigenvalue weighted by Gasteiger charge is 2.44. The molecule has 0 bridgehead atoms. The number of rotatable bonds is 5. The predicted molar refractivity (Wildman–Crippen MR) is 102 cm³/mol. The van der Waals surface area contributed by atoms with Gasteiger partial charge in [0.2, 0.25) is 0 Å². The molecule has 1 aliphatic heterocycles. The highest BCUT2D eigenvalue weighted by atomic mass is 32.2. The molecule has 0 radical (unpaired) electrons. The number of aromatic nitrogens is 5. The topological polar surface area (TPSA) is 140 Å². The third-order valence-electron chi connectivity index (χ3n) is 4.96. The van der Waals surface area contributed by atoms with Crippen LogP contribution in [-0.2, 0) is 10.5 Å². The minimum Gasteiger partial charge on any atom is -0.394 e. The maximum Gasteiger partial charge on any atom is 0.166 e. The molecule has 0 aliphatic carbocycles. The second kappa shape index (κ2) is 7.35. The molecule has 10 nitrogen and oxygen atoms in total. The molecule has 29 heavy (non-hydrogen) atoms. The summed E-state index contributed by atoms with van der Waals surface area (Å²) in [7, 11) is 0. The van der Waals surface area contributed by atoms with Crippen LogP contribution in [0.2, 0.25) is 0 Å². The molecule has 5 rings (SSSR count). The Hall–Kier alpha value is -2.57. The number of imidazole rings is 1. The summed E-state index contributed by atoms with van der Waals surface area (Å²) in [6, 6.07) is 5.86. The van der Waals surface area contributed by atoms with Crippen LogP contribution in [0.4, 0.5) is 0 Å². The lowest BCUT2D eigenvalue weighted by molar-refractivity contribution is -0.0511. The Labute approximate surface area is 168 Å². The second-order valence-corrected chi connectivity index (χ2v) is 7.65. The molecule has 150 valence electrons. The number of aliphatic hydroxyl groups excluding tert-OH is 3. The number of ether oxygens (including phenoxy) is 1. The van der Waals surface area contributed by atoms with Crippen LogP contribution in [0.5, 0.6) is 0 Å². The summed E-state index contributed by atoms with van der Waals surface area (Å²) in [5.41, 5.74) is 2.85. The summed E-state index contributed by atoms with van der Waals surface area (Å²) >= 11 is 1.48. The van der Waals surface area contributed by atoms with E-state index in [1.165, 1.54) is 24.4 Å². The number of hydrogen-bond donors (Lipinski definition) is 3. The van der Waals surface area contributed by atoms with Crippen molar-refractivity contribution >= 4 is 33.8 Å². The summed E-state index contributed by atoms with van der Waals surface area (Å²) < 4.78 is 12.2. The van der Waals surface area contributed by atoms with E-state index in [2.05, 4.69) is 20.1 Å². The lowest BCUT2D eigenvalue weighted by Gasteiger charge is -2.16. The molecule has 1 aromatic carbocycles. The van der Waals surface area contributed by atoms with E-state index < -0.39 is 31.1 Å². The van der Waals surface area contributed by atoms with Crippen molar-refractivity contribution < 1.29 is 24.6 Å². The number of aliphatic hydroxyl groups is 3. The van der Waals surface area contributed by atoms with Crippen LogP contribution < -0.4 is 0 Å². The Morgan fingerprint density at radius 1 is 1.10 bits per heavy atom. The van der Waals surface area contributed by atoms with Crippen molar-refractivity contribution in [2.45, 2.75) is 35.3 Å². The smallest absolute Gasteiger partial charge is 0.166 e. The maximum absolute atomic E-state index is 10.3. The van der Waals surface area contributed by atoms with Gasteiger partial charge in [-0.15, -0.1) is 0 Å². The van der Waals surface area contributed by atoms with Crippen molar-refractivity contribution in [3.8, 4) is 0 Å². The van der Waals surface area contributed by atoms with Gasteiger partial charge in [0.1, 0.15) is 47.0 Å². The van der Waals surface area contributed by atoms with Gasteiger partial charge >= 0.3 is 0 Å². The van der Waals surface area contributed by atoms with E-state index in [0.717, 1.165) is 16.5 Å². The van der Waals surface area contributed by atoms with Crippen molar-refractivity contribution in [3.05, 3.63) is 42.7 Å². The van der Waals surface area contributed by atoms with Crippen LogP contribution >= 0.6 is 11.8 Å². The van der Waals surface area contributed by atoms with Gasteiger partial charge in [-0.2, -0.15) is 0 Å². The van der Waals surface area contributed by atoms with Gasteiger partial charge in [-0.25, -0.2) is 15.0 Å². The fourth-order valence-electron chi connectivity index (χ4n) is 3.45. The van der Waals surface area contributed by atoms with Gasteiger partial charge in [-0.1, -0.05) is 29.1 Å². The second-order valence-electron chi connectivity index (χ2n) is 6.69.